The fraction of sp³-hybridized carbons (Fsp3) is 0.154. The second kappa shape index (κ2) is 10.1. The van der Waals surface area contributed by atoms with Gasteiger partial charge in [0.25, 0.3) is 0 Å². The SMILES string of the molecule is O=C(Br)[C@](O)(C(=O)c1ccccc1)[C@](O)(C(=O)c1ccccc1)[C@@](O)(CO)C(=O)c1ccccc1. The first-order valence-corrected chi connectivity index (χ1v) is 11.1. The van der Waals surface area contributed by atoms with Crippen LogP contribution in [0.15, 0.2) is 91.0 Å². The van der Waals surface area contributed by atoms with E-state index in [0.717, 1.165) is 0 Å². The minimum absolute atomic E-state index is 0.264. The molecule has 0 radical (unpaired) electrons. The maximum atomic E-state index is 13.7. The van der Waals surface area contributed by atoms with Gasteiger partial charge in [0, 0.05) is 16.7 Å². The molecule has 3 aromatic carbocycles. The zero-order valence-corrected chi connectivity index (χ0v) is 19.8. The average Bonchev–Trinajstić information content (AvgIpc) is 2.91. The number of ketones is 3. The van der Waals surface area contributed by atoms with Crippen LogP contribution in [0.2, 0.25) is 0 Å². The van der Waals surface area contributed by atoms with Crippen LogP contribution in [0.1, 0.15) is 31.1 Å². The molecule has 0 aromatic heterocycles. The van der Waals surface area contributed by atoms with E-state index in [2.05, 4.69) is 15.9 Å². The highest BCUT2D eigenvalue weighted by molar-refractivity contribution is 9.18. The quantitative estimate of drug-likeness (QED) is 0.172. The summed E-state index contributed by atoms with van der Waals surface area (Å²) in [6, 6.07) is 20.3. The van der Waals surface area contributed by atoms with E-state index in [1.165, 1.54) is 84.9 Å². The fourth-order valence-corrected chi connectivity index (χ4v) is 4.29. The van der Waals surface area contributed by atoms with Crippen molar-refractivity contribution in [3.05, 3.63) is 108 Å². The van der Waals surface area contributed by atoms with E-state index in [9.17, 15) is 39.6 Å². The molecular weight excluding hydrogens is 520 g/mol. The van der Waals surface area contributed by atoms with Crippen LogP contribution >= 0.6 is 15.9 Å². The molecule has 4 N–H and O–H groups in total. The molecule has 0 bridgehead atoms. The molecule has 8 nitrogen and oxygen atoms in total. The number of benzene rings is 3. The van der Waals surface area contributed by atoms with E-state index in [4.69, 9.17) is 0 Å². The molecule has 3 rings (SSSR count). The lowest BCUT2D eigenvalue weighted by Gasteiger charge is -2.47. The van der Waals surface area contributed by atoms with Gasteiger partial charge >= 0.3 is 0 Å². The second-order valence-corrected chi connectivity index (χ2v) is 8.52. The zero-order chi connectivity index (χ0) is 25.9. The highest BCUT2D eigenvalue weighted by Gasteiger charge is 2.74. The molecule has 0 amide bonds. The van der Waals surface area contributed by atoms with Crippen LogP contribution in [0.5, 0.6) is 0 Å². The third-order valence-corrected chi connectivity index (χ3v) is 6.35. The first-order valence-electron chi connectivity index (χ1n) is 10.3. The molecule has 3 aromatic rings. The number of rotatable bonds is 10. The number of carbonyl (C=O) groups excluding carboxylic acids is 4. The summed E-state index contributed by atoms with van der Waals surface area (Å²) in [7, 11) is 0. The van der Waals surface area contributed by atoms with Gasteiger partial charge in [-0.15, -0.1) is 0 Å². The third-order valence-electron chi connectivity index (χ3n) is 5.78. The van der Waals surface area contributed by atoms with E-state index in [1.807, 2.05) is 0 Å². The van der Waals surface area contributed by atoms with Gasteiger partial charge in [0.15, 0.2) is 11.4 Å². The Morgan fingerprint density at radius 3 is 1.29 bits per heavy atom. The summed E-state index contributed by atoms with van der Waals surface area (Å²) in [6.45, 7) is -1.62. The normalized spacial score (nSPS) is 16.3. The lowest BCUT2D eigenvalue weighted by Crippen LogP contribution is -2.79. The summed E-state index contributed by atoms with van der Waals surface area (Å²) in [4.78, 5) is 53.5. The fourth-order valence-electron chi connectivity index (χ4n) is 3.82. The van der Waals surface area contributed by atoms with Crippen molar-refractivity contribution in [2.45, 2.75) is 16.8 Å². The van der Waals surface area contributed by atoms with E-state index >= 15 is 0 Å². The zero-order valence-electron chi connectivity index (χ0n) is 18.2. The predicted molar refractivity (Wildman–Crippen MR) is 128 cm³/mol. The summed E-state index contributed by atoms with van der Waals surface area (Å²) in [6.07, 6.45) is 0. The maximum absolute atomic E-state index is 13.7. The summed E-state index contributed by atoms with van der Waals surface area (Å²) < 4.78 is -1.61. The molecule has 0 heterocycles. The first-order chi connectivity index (χ1) is 16.6. The lowest BCUT2D eigenvalue weighted by atomic mass is 9.63. The van der Waals surface area contributed by atoms with Crippen molar-refractivity contribution < 1.29 is 39.6 Å². The number of aliphatic hydroxyl groups excluding tert-OH is 1. The Balaban J connectivity index is 2.38. The van der Waals surface area contributed by atoms with Crippen molar-refractivity contribution >= 4 is 38.0 Å². The summed E-state index contributed by atoms with van der Waals surface area (Å²) in [5.74, 6) is -4.43. The van der Waals surface area contributed by atoms with E-state index in [0.29, 0.717) is 0 Å². The van der Waals surface area contributed by atoms with Crippen LogP contribution < -0.4 is 0 Å². The van der Waals surface area contributed by atoms with Crippen molar-refractivity contribution in [2.75, 3.05) is 6.61 Å². The smallest absolute Gasteiger partial charge is 0.241 e. The molecule has 35 heavy (non-hydrogen) atoms. The summed E-state index contributed by atoms with van der Waals surface area (Å²) >= 11 is 2.47. The Hall–Kier alpha value is -3.34. The van der Waals surface area contributed by atoms with Crippen LogP contribution in [0.3, 0.4) is 0 Å². The monoisotopic (exact) mass is 540 g/mol. The molecule has 9 heteroatoms. The standard InChI is InChI=1S/C26H21BrO8/c27-23(32)25(34,21(30)18-12-6-2-7-13-18)26(35,22(31)19-14-8-3-9-15-19)24(33,16-28)20(29)17-10-4-1-5-11-17/h1-15,28,33-35H,16H2/t24-,25-,26+/m1/s1. The van der Waals surface area contributed by atoms with Gasteiger partial charge in [-0.05, 0) is 15.9 Å². The number of hydrogen-bond donors (Lipinski definition) is 4. The molecule has 0 aliphatic heterocycles. The van der Waals surface area contributed by atoms with Gasteiger partial charge in [-0.2, -0.15) is 0 Å². The number of Topliss-reactive ketones (excluding diaryl/α,β-unsaturated/α-hetero) is 3. The minimum Gasteiger partial charge on any atom is -0.393 e. The Labute approximate surface area is 208 Å². The number of hydrogen-bond acceptors (Lipinski definition) is 8. The van der Waals surface area contributed by atoms with Gasteiger partial charge in [0.05, 0.1) is 6.61 Å². The topological polar surface area (TPSA) is 149 Å². The summed E-state index contributed by atoms with van der Waals surface area (Å²) in [5, 5.41) is 45.2. The van der Waals surface area contributed by atoms with Crippen molar-refractivity contribution in [3.8, 4) is 0 Å². The molecular formula is C26H21BrO8. The number of aliphatic hydroxyl groups is 4. The highest BCUT2D eigenvalue weighted by Crippen LogP contribution is 2.42. The second-order valence-electron chi connectivity index (χ2n) is 7.80. The Kier molecular flexibility index (Phi) is 7.59. The molecule has 0 saturated carbocycles. The van der Waals surface area contributed by atoms with Gasteiger partial charge in [0.1, 0.15) is 0 Å². The first kappa shape index (κ1) is 26.3. The predicted octanol–water partition coefficient (Wildman–Crippen LogP) is 1.74. The third kappa shape index (κ3) is 4.18. The van der Waals surface area contributed by atoms with Crippen molar-refractivity contribution in [1.29, 1.82) is 0 Å². The van der Waals surface area contributed by atoms with Gasteiger partial charge < -0.3 is 20.4 Å². The van der Waals surface area contributed by atoms with Crippen LogP contribution in [-0.4, -0.2) is 65.9 Å². The lowest BCUT2D eigenvalue weighted by molar-refractivity contribution is -0.189. The van der Waals surface area contributed by atoms with Gasteiger partial charge in [-0.25, -0.2) is 0 Å². The molecule has 0 aliphatic rings. The summed E-state index contributed by atoms with van der Waals surface area (Å²) in [5.41, 5.74) is -12.1. The molecule has 0 spiro atoms. The van der Waals surface area contributed by atoms with Crippen LogP contribution in [0.4, 0.5) is 0 Å². The number of carbonyl (C=O) groups is 4. The largest absolute Gasteiger partial charge is 0.393 e. The van der Waals surface area contributed by atoms with Crippen LogP contribution in [-0.2, 0) is 4.79 Å². The van der Waals surface area contributed by atoms with E-state index in [1.54, 1.807) is 6.07 Å². The minimum atomic E-state index is -3.88. The average molecular weight is 541 g/mol. The molecule has 180 valence electrons. The molecule has 3 atom stereocenters. The van der Waals surface area contributed by atoms with Crippen LogP contribution in [0.25, 0.3) is 0 Å². The molecule has 0 saturated heterocycles. The maximum Gasteiger partial charge on any atom is 0.241 e. The highest BCUT2D eigenvalue weighted by atomic mass is 79.9. The molecule has 0 unspecified atom stereocenters. The van der Waals surface area contributed by atoms with Gasteiger partial charge in [0.2, 0.25) is 27.5 Å². The van der Waals surface area contributed by atoms with Crippen LogP contribution in [0, 0.1) is 0 Å². The Morgan fingerprint density at radius 1 is 0.600 bits per heavy atom. The van der Waals surface area contributed by atoms with E-state index in [-0.39, 0.29) is 16.7 Å². The molecule has 0 fully saturated rings. The Bertz CT molecular complexity index is 1250. The van der Waals surface area contributed by atoms with Crippen molar-refractivity contribution in [3.63, 3.8) is 0 Å². The number of halogens is 1. The van der Waals surface area contributed by atoms with Gasteiger partial charge in [-0.1, -0.05) is 91.0 Å². The van der Waals surface area contributed by atoms with Crippen molar-refractivity contribution in [1.82, 2.24) is 0 Å². The van der Waals surface area contributed by atoms with E-state index < -0.39 is 45.5 Å². The molecule has 0 aliphatic carbocycles. The van der Waals surface area contributed by atoms with Crippen molar-refractivity contribution in [2.24, 2.45) is 0 Å². The van der Waals surface area contributed by atoms with Gasteiger partial charge in [-0.3, -0.25) is 19.2 Å². The Morgan fingerprint density at radius 2 is 0.943 bits per heavy atom.